The number of pyridine rings is 1. The Morgan fingerprint density at radius 3 is 2.92 bits per heavy atom. The van der Waals surface area contributed by atoms with Gasteiger partial charge >= 0.3 is 0 Å². The van der Waals surface area contributed by atoms with Crippen LogP contribution in [0.25, 0.3) is 0 Å². The highest BCUT2D eigenvalue weighted by Crippen LogP contribution is 2.14. The molecule has 1 aromatic carbocycles. The Labute approximate surface area is 149 Å². The zero-order chi connectivity index (χ0) is 17.5. The number of hydrogen-bond donors (Lipinski definition) is 1. The number of amides is 1. The Morgan fingerprint density at radius 1 is 1.32 bits per heavy atom. The Morgan fingerprint density at radius 2 is 2.16 bits per heavy atom. The lowest BCUT2D eigenvalue weighted by Crippen LogP contribution is -2.44. The van der Waals surface area contributed by atoms with Gasteiger partial charge in [0.05, 0.1) is 25.2 Å². The molecule has 0 unspecified atom stereocenters. The van der Waals surface area contributed by atoms with E-state index in [2.05, 4.69) is 39.5 Å². The summed E-state index contributed by atoms with van der Waals surface area (Å²) in [6.07, 6.45) is 3.84. The fourth-order valence-electron chi connectivity index (χ4n) is 3.11. The minimum absolute atomic E-state index is 0.0166. The van der Waals surface area contributed by atoms with Crippen LogP contribution in [0.5, 0.6) is 0 Å². The zero-order valence-electron chi connectivity index (χ0n) is 14.6. The number of rotatable bonds is 6. The van der Waals surface area contributed by atoms with Crippen LogP contribution < -0.4 is 5.32 Å². The van der Waals surface area contributed by atoms with Crippen molar-refractivity contribution in [3.8, 4) is 0 Å². The van der Waals surface area contributed by atoms with Gasteiger partial charge in [-0.25, -0.2) is 0 Å². The van der Waals surface area contributed by atoms with Gasteiger partial charge in [-0.1, -0.05) is 36.4 Å². The van der Waals surface area contributed by atoms with Crippen LogP contribution in [-0.2, 0) is 16.1 Å². The van der Waals surface area contributed by atoms with E-state index in [-0.39, 0.29) is 18.1 Å². The first kappa shape index (κ1) is 17.6. The monoisotopic (exact) mass is 339 g/mol. The quantitative estimate of drug-likeness (QED) is 0.879. The van der Waals surface area contributed by atoms with Crippen molar-refractivity contribution >= 4 is 5.91 Å². The molecule has 1 saturated heterocycles. The van der Waals surface area contributed by atoms with Gasteiger partial charge in [0.1, 0.15) is 0 Å². The highest BCUT2D eigenvalue weighted by molar-refractivity contribution is 5.77. The second-order valence-corrected chi connectivity index (χ2v) is 6.49. The fourth-order valence-corrected chi connectivity index (χ4v) is 3.11. The van der Waals surface area contributed by atoms with Crippen molar-refractivity contribution in [2.24, 2.45) is 0 Å². The van der Waals surface area contributed by atoms with Crippen LogP contribution in [0, 0.1) is 0 Å². The molecule has 0 radical (unpaired) electrons. The summed E-state index contributed by atoms with van der Waals surface area (Å²) in [6.45, 7) is 5.22. The molecule has 0 bridgehead atoms. The molecular weight excluding hydrogens is 314 g/mol. The third kappa shape index (κ3) is 5.37. The first-order valence-electron chi connectivity index (χ1n) is 8.78. The maximum Gasteiger partial charge on any atom is 0.223 e. The smallest absolute Gasteiger partial charge is 0.223 e. The van der Waals surface area contributed by atoms with Crippen molar-refractivity contribution < 1.29 is 9.53 Å². The van der Waals surface area contributed by atoms with Crippen LogP contribution in [0.2, 0.25) is 0 Å². The topological polar surface area (TPSA) is 54.5 Å². The van der Waals surface area contributed by atoms with Crippen molar-refractivity contribution in [1.29, 1.82) is 0 Å². The average Bonchev–Trinajstić information content (AvgIpc) is 2.63. The predicted molar refractivity (Wildman–Crippen MR) is 96.9 cm³/mol. The zero-order valence-corrected chi connectivity index (χ0v) is 14.6. The van der Waals surface area contributed by atoms with Crippen molar-refractivity contribution in [3.63, 3.8) is 0 Å². The average molecular weight is 339 g/mol. The number of ether oxygens (including phenoxy) is 1. The first-order chi connectivity index (χ1) is 12.2. The molecule has 2 atom stereocenters. The van der Waals surface area contributed by atoms with E-state index in [1.54, 1.807) is 12.4 Å². The summed E-state index contributed by atoms with van der Waals surface area (Å²) in [5.74, 6) is 0.0166. The van der Waals surface area contributed by atoms with Crippen LogP contribution in [0.3, 0.4) is 0 Å². The number of nitrogens with zero attached hydrogens (tertiary/aromatic N) is 2. The molecule has 0 spiro atoms. The van der Waals surface area contributed by atoms with E-state index in [9.17, 15) is 4.79 Å². The molecule has 1 fully saturated rings. The second-order valence-electron chi connectivity index (χ2n) is 6.49. The lowest BCUT2D eigenvalue weighted by Gasteiger charge is -2.32. The van der Waals surface area contributed by atoms with Crippen LogP contribution in [-0.4, -0.2) is 41.6 Å². The van der Waals surface area contributed by atoms with Crippen molar-refractivity contribution in [2.45, 2.75) is 32.0 Å². The number of morpholine rings is 1. The van der Waals surface area contributed by atoms with E-state index >= 15 is 0 Å². The molecule has 132 valence electrons. The molecule has 0 aliphatic carbocycles. The Kier molecular flexibility index (Phi) is 6.14. The van der Waals surface area contributed by atoms with Crippen LogP contribution in [0.1, 0.15) is 30.5 Å². The highest BCUT2D eigenvalue weighted by Gasteiger charge is 2.23. The second kappa shape index (κ2) is 8.74. The number of nitrogens with one attached hydrogen (secondary N) is 1. The molecule has 25 heavy (non-hydrogen) atoms. The summed E-state index contributed by atoms with van der Waals surface area (Å²) < 4.78 is 5.79. The molecule has 5 heteroatoms. The van der Waals surface area contributed by atoms with Crippen LogP contribution >= 0.6 is 0 Å². The first-order valence-corrected chi connectivity index (χ1v) is 8.78. The Hall–Kier alpha value is -2.24. The molecule has 1 aliphatic rings. The van der Waals surface area contributed by atoms with Gasteiger partial charge in [0, 0.05) is 32.0 Å². The van der Waals surface area contributed by atoms with Crippen LogP contribution in [0.4, 0.5) is 0 Å². The SMILES string of the molecule is C[C@@H](NC(=O)C[C@@H]1CN(Cc2ccccc2)CCO1)c1cccnc1. The highest BCUT2D eigenvalue weighted by atomic mass is 16.5. The molecule has 1 N–H and O–H groups in total. The number of carbonyl (C=O) groups is 1. The van der Waals surface area contributed by atoms with E-state index in [1.807, 2.05) is 25.1 Å². The summed E-state index contributed by atoms with van der Waals surface area (Å²) in [4.78, 5) is 18.8. The summed E-state index contributed by atoms with van der Waals surface area (Å²) in [5.41, 5.74) is 2.30. The molecule has 1 aliphatic heterocycles. The van der Waals surface area contributed by atoms with Gasteiger partial charge < -0.3 is 10.1 Å². The van der Waals surface area contributed by atoms with E-state index in [0.717, 1.165) is 25.2 Å². The van der Waals surface area contributed by atoms with E-state index in [4.69, 9.17) is 4.74 Å². The molecule has 2 heterocycles. The molecule has 1 amide bonds. The molecular formula is C20H25N3O2. The lowest BCUT2D eigenvalue weighted by molar-refractivity contribution is -0.126. The minimum atomic E-state index is -0.0569. The Bertz CT molecular complexity index is 663. The van der Waals surface area contributed by atoms with Gasteiger partial charge in [0.2, 0.25) is 5.91 Å². The fraction of sp³-hybridized carbons (Fsp3) is 0.400. The third-order valence-electron chi connectivity index (χ3n) is 4.45. The normalized spacial score (nSPS) is 19.3. The largest absolute Gasteiger partial charge is 0.375 e. The number of hydrogen-bond acceptors (Lipinski definition) is 4. The minimum Gasteiger partial charge on any atom is -0.375 e. The lowest BCUT2D eigenvalue weighted by atomic mass is 10.1. The van der Waals surface area contributed by atoms with Gasteiger partial charge in [-0.15, -0.1) is 0 Å². The number of benzene rings is 1. The molecule has 2 aromatic rings. The van der Waals surface area contributed by atoms with E-state index in [0.29, 0.717) is 13.0 Å². The van der Waals surface area contributed by atoms with Crippen molar-refractivity contribution in [1.82, 2.24) is 15.2 Å². The van der Waals surface area contributed by atoms with Crippen molar-refractivity contribution in [2.75, 3.05) is 19.7 Å². The standard InChI is InChI=1S/C20H25N3O2/c1-16(18-8-5-9-21-13-18)22-20(24)12-19-15-23(10-11-25-19)14-17-6-3-2-4-7-17/h2-9,13,16,19H,10-12,14-15H2,1H3,(H,22,24)/t16-,19-/m1/s1. The Balaban J connectivity index is 1.48. The summed E-state index contributed by atoms with van der Waals surface area (Å²) in [7, 11) is 0. The van der Waals surface area contributed by atoms with Gasteiger partial charge in [-0.3, -0.25) is 14.7 Å². The van der Waals surface area contributed by atoms with Gasteiger partial charge in [0.15, 0.2) is 0 Å². The van der Waals surface area contributed by atoms with Gasteiger partial charge in [-0.05, 0) is 24.1 Å². The molecule has 1 aromatic heterocycles. The predicted octanol–water partition coefficient (Wildman–Crippen LogP) is 2.55. The van der Waals surface area contributed by atoms with Gasteiger partial charge in [-0.2, -0.15) is 0 Å². The number of carbonyl (C=O) groups excluding carboxylic acids is 1. The van der Waals surface area contributed by atoms with E-state index in [1.165, 1.54) is 5.56 Å². The maximum atomic E-state index is 12.3. The maximum absolute atomic E-state index is 12.3. The summed E-state index contributed by atoms with van der Waals surface area (Å²) in [5, 5.41) is 3.03. The third-order valence-corrected chi connectivity index (χ3v) is 4.45. The van der Waals surface area contributed by atoms with Gasteiger partial charge in [0.25, 0.3) is 0 Å². The molecule has 5 nitrogen and oxygen atoms in total. The summed E-state index contributed by atoms with van der Waals surface area (Å²) in [6, 6.07) is 14.2. The van der Waals surface area contributed by atoms with Crippen LogP contribution in [0.15, 0.2) is 54.9 Å². The number of aromatic nitrogens is 1. The molecule has 0 saturated carbocycles. The van der Waals surface area contributed by atoms with Crippen molar-refractivity contribution in [3.05, 3.63) is 66.0 Å². The molecule has 3 rings (SSSR count). The summed E-state index contributed by atoms with van der Waals surface area (Å²) >= 11 is 0. The van der Waals surface area contributed by atoms with E-state index < -0.39 is 0 Å².